The molecule has 28 heavy (non-hydrogen) atoms. The second-order valence-electron chi connectivity index (χ2n) is 6.53. The summed E-state index contributed by atoms with van der Waals surface area (Å²) in [7, 11) is 0. The Morgan fingerprint density at radius 2 is 1.86 bits per heavy atom. The molecule has 0 bridgehead atoms. The summed E-state index contributed by atoms with van der Waals surface area (Å²) in [4.78, 5) is 22.4. The number of benzene rings is 2. The number of nitrogens with zero attached hydrogens (tertiary/aromatic N) is 2. The van der Waals surface area contributed by atoms with Crippen molar-refractivity contribution < 1.29 is 4.79 Å². The van der Waals surface area contributed by atoms with Gasteiger partial charge in [-0.25, -0.2) is 9.97 Å². The maximum absolute atomic E-state index is 12.4. The summed E-state index contributed by atoms with van der Waals surface area (Å²) in [6.45, 7) is 2.08. The van der Waals surface area contributed by atoms with Crippen molar-refractivity contribution >= 4 is 33.7 Å². The van der Waals surface area contributed by atoms with Crippen molar-refractivity contribution in [2.75, 3.05) is 5.32 Å². The van der Waals surface area contributed by atoms with Gasteiger partial charge in [0.25, 0.3) is 0 Å². The largest absolute Gasteiger partial charge is 0.302 e. The van der Waals surface area contributed by atoms with E-state index in [-0.39, 0.29) is 12.3 Å². The maximum atomic E-state index is 12.4. The SMILES string of the molecule is Cc1ccc(Cc2cnc(NC(=O)Cc3csc(-c4ccccc4)n3)s2)cc1. The third-order valence-electron chi connectivity index (χ3n) is 4.21. The Balaban J connectivity index is 1.35. The molecule has 140 valence electrons. The van der Waals surface area contributed by atoms with Crippen LogP contribution < -0.4 is 5.32 Å². The molecular weight excluding hydrogens is 386 g/mol. The van der Waals surface area contributed by atoms with Crippen LogP contribution >= 0.6 is 22.7 Å². The van der Waals surface area contributed by atoms with Gasteiger partial charge in [0.1, 0.15) is 5.01 Å². The molecule has 2 aromatic heterocycles. The van der Waals surface area contributed by atoms with Crippen LogP contribution in [0.25, 0.3) is 10.6 Å². The summed E-state index contributed by atoms with van der Waals surface area (Å²) in [5.74, 6) is -0.0962. The first-order chi connectivity index (χ1) is 13.7. The van der Waals surface area contributed by atoms with Gasteiger partial charge < -0.3 is 5.32 Å². The Bertz CT molecular complexity index is 1070. The van der Waals surface area contributed by atoms with Gasteiger partial charge in [-0.05, 0) is 12.5 Å². The molecule has 0 aliphatic rings. The first-order valence-corrected chi connectivity index (χ1v) is 10.7. The minimum Gasteiger partial charge on any atom is -0.302 e. The highest BCUT2D eigenvalue weighted by atomic mass is 32.1. The summed E-state index contributed by atoms with van der Waals surface area (Å²) < 4.78 is 0. The highest BCUT2D eigenvalue weighted by molar-refractivity contribution is 7.15. The van der Waals surface area contributed by atoms with E-state index in [1.807, 2.05) is 41.9 Å². The number of carbonyl (C=O) groups excluding carboxylic acids is 1. The van der Waals surface area contributed by atoms with Crippen molar-refractivity contribution in [2.45, 2.75) is 19.8 Å². The molecule has 0 spiro atoms. The average molecular weight is 406 g/mol. The van der Waals surface area contributed by atoms with E-state index in [1.54, 1.807) is 11.3 Å². The maximum Gasteiger partial charge on any atom is 0.232 e. The van der Waals surface area contributed by atoms with Crippen LogP contribution in [0.1, 0.15) is 21.7 Å². The van der Waals surface area contributed by atoms with Crippen LogP contribution in [0, 0.1) is 6.92 Å². The molecule has 6 heteroatoms. The predicted molar refractivity (Wildman–Crippen MR) is 116 cm³/mol. The van der Waals surface area contributed by atoms with E-state index in [4.69, 9.17) is 0 Å². The second-order valence-corrected chi connectivity index (χ2v) is 8.50. The van der Waals surface area contributed by atoms with E-state index >= 15 is 0 Å². The lowest BCUT2D eigenvalue weighted by molar-refractivity contribution is -0.115. The van der Waals surface area contributed by atoms with Gasteiger partial charge in [-0.2, -0.15) is 0 Å². The van der Waals surface area contributed by atoms with Crippen LogP contribution in [-0.2, 0) is 17.6 Å². The number of anilines is 1. The van der Waals surface area contributed by atoms with E-state index in [0.29, 0.717) is 5.13 Å². The number of thiazole rings is 2. The molecule has 4 nitrogen and oxygen atoms in total. The molecule has 1 N–H and O–H groups in total. The van der Waals surface area contributed by atoms with Crippen LogP contribution in [0.4, 0.5) is 5.13 Å². The van der Waals surface area contributed by atoms with Crippen molar-refractivity contribution in [1.82, 2.24) is 9.97 Å². The zero-order valence-corrected chi connectivity index (χ0v) is 17.0. The summed E-state index contributed by atoms with van der Waals surface area (Å²) in [6, 6.07) is 18.5. The first-order valence-electron chi connectivity index (χ1n) is 8.95. The Kier molecular flexibility index (Phi) is 5.60. The smallest absolute Gasteiger partial charge is 0.232 e. The van der Waals surface area contributed by atoms with Gasteiger partial charge in [0.15, 0.2) is 5.13 Å². The first kappa shape index (κ1) is 18.5. The molecule has 4 aromatic rings. The Hall–Kier alpha value is -2.83. The summed E-state index contributed by atoms with van der Waals surface area (Å²) >= 11 is 3.07. The monoisotopic (exact) mass is 405 g/mol. The minimum absolute atomic E-state index is 0.0962. The molecule has 0 aliphatic carbocycles. The van der Waals surface area contributed by atoms with Crippen molar-refractivity contribution in [2.24, 2.45) is 0 Å². The van der Waals surface area contributed by atoms with E-state index in [9.17, 15) is 4.79 Å². The van der Waals surface area contributed by atoms with Crippen LogP contribution in [0.15, 0.2) is 66.2 Å². The summed E-state index contributed by atoms with van der Waals surface area (Å²) in [5, 5.41) is 6.38. The van der Waals surface area contributed by atoms with Crippen LogP contribution in [-0.4, -0.2) is 15.9 Å². The quantitative estimate of drug-likeness (QED) is 0.471. The molecule has 2 aromatic carbocycles. The number of hydrogen-bond acceptors (Lipinski definition) is 5. The highest BCUT2D eigenvalue weighted by Crippen LogP contribution is 2.24. The average Bonchev–Trinajstić information content (AvgIpc) is 3.34. The third kappa shape index (κ3) is 4.71. The van der Waals surface area contributed by atoms with E-state index in [1.165, 1.54) is 22.5 Å². The summed E-state index contributed by atoms with van der Waals surface area (Å²) in [6.07, 6.45) is 2.90. The van der Waals surface area contributed by atoms with Gasteiger partial charge in [-0.1, -0.05) is 60.2 Å². The van der Waals surface area contributed by atoms with Gasteiger partial charge in [0.2, 0.25) is 5.91 Å². The predicted octanol–water partition coefficient (Wildman–Crippen LogP) is 5.35. The Morgan fingerprint density at radius 1 is 1.07 bits per heavy atom. The van der Waals surface area contributed by atoms with Gasteiger partial charge >= 0.3 is 0 Å². The topological polar surface area (TPSA) is 54.9 Å². The number of carbonyl (C=O) groups is 1. The molecule has 1 amide bonds. The number of aryl methyl sites for hydroxylation is 1. The molecule has 2 heterocycles. The zero-order valence-electron chi connectivity index (χ0n) is 15.4. The fraction of sp³-hybridized carbons (Fsp3) is 0.136. The van der Waals surface area contributed by atoms with Crippen LogP contribution in [0.3, 0.4) is 0 Å². The number of rotatable bonds is 6. The molecular formula is C22H19N3OS2. The summed E-state index contributed by atoms with van der Waals surface area (Å²) in [5.41, 5.74) is 4.33. The molecule has 0 aliphatic heterocycles. The second kappa shape index (κ2) is 8.46. The highest BCUT2D eigenvalue weighted by Gasteiger charge is 2.11. The third-order valence-corrected chi connectivity index (χ3v) is 6.07. The van der Waals surface area contributed by atoms with Crippen molar-refractivity contribution in [3.05, 3.63) is 87.9 Å². The van der Waals surface area contributed by atoms with E-state index < -0.39 is 0 Å². The Morgan fingerprint density at radius 3 is 2.64 bits per heavy atom. The van der Waals surface area contributed by atoms with Crippen molar-refractivity contribution in [1.29, 1.82) is 0 Å². The number of amides is 1. The van der Waals surface area contributed by atoms with Crippen molar-refractivity contribution in [3.8, 4) is 10.6 Å². The van der Waals surface area contributed by atoms with Gasteiger partial charge in [0, 0.05) is 28.4 Å². The van der Waals surface area contributed by atoms with Gasteiger partial charge in [0.05, 0.1) is 12.1 Å². The van der Waals surface area contributed by atoms with E-state index in [2.05, 4.69) is 46.5 Å². The molecule has 0 saturated heterocycles. The Labute approximate surface area is 171 Å². The van der Waals surface area contributed by atoms with Crippen LogP contribution in [0.2, 0.25) is 0 Å². The van der Waals surface area contributed by atoms with Gasteiger partial charge in [-0.15, -0.1) is 22.7 Å². The van der Waals surface area contributed by atoms with Gasteiger partial charge in [-0.3, -0.25) is 4.79 Å². The number of hydrogen-bond donors (Lipinski definition) is 1. The lowest BCUT2D eigenvalue weighted by Crippen LogP contribution is -2.14. The molecule has 0 fully saturated rings. The fourth-order valence-electron chi connectivity index (χ4n) is 2.78. The van der Waals surface area contributed by atoms with Crippen molar-refractivity contribution in [3.63, 3.8) is 0 Å². The minimum atomic E-state index is -0.0962. The normalized spacial score (nSPS) is 10.8. The van der Waals surface area contributed by atoms with E-state index in [0.717, 1.165) is 27.6 Å². The fourth-order valence-corrected chi connectivity index (χ4v) is 4.47. The molecule has 0 saturated carbocycles. The molecule has 4 rings (SSSR count). The lowest BCUT2D eigenvalue weighted by Gasteiger charge is -2.00. The standard InChI is InChI=1S/C22H19N3OS2/c1-15-7-9-16(10-8-15)11-19-13-23-22(28-19)25-20(26)12-18-14-27-21(24-18)17-5-3-2-4-6-17/h2-10,13-14H,11-12H2,1H3,(H,23,25,26). The zero-order chi connectivity index (χ0) is 19.3. The number of aromatic nitrogens is 2. The lowest BCUT2D eigenvalue weighted by atomic mass is 10.1. The number of nitrogens with one attached hydrogen (secondary N) is 1. The molecule has 0 atom stereocenters. The molecule has 0 radical (unpaired) electrons. The van der Waals surface area contributed by atoms with Crippen LogP contribution in [0.5, 0.6) is 0 Å². The molecule has 0 unspecified atom stereocenters.